The lowest BCUT2D eigenvalue weighted by Gasteiger charge is -2.40. The zero-order chi connectivity index (χ0) is 55.9. The van der Waals surface area contributed by atoms with Crippen LogP contribution in [0.4, 0.5) is 0 Å². The highest BCUT2D eigenvalue weighted by atomic mass is 16.7. The fourth-order valence-electron chi connectivity index (χ4n) is 11.6. The van der Waals surface area contributed by atoms with Gasteiger partial charge in [0.1, 0.15) is 30.5 Å². The molecule has 460 valence electrons. The molecule has 7 N–H and O–H groups in total. The first-order chi connectivity index (χ1) is 37.8. The molecule has 1 saturated heterocycles. The number of carbonyl (C=O) groups excluding carboxylic acids is 1. The van der Waals surface area contributed by atoms with Gasteiger partial charge in [-0.05, 0) is 12.8 Å². The van der Waals surface area contributed by atoms with Gasteiger partial charge >= 0.3 is 0 Å². The van der Waals surface area contributed by atoms with E-state index in [1.165, 1.54) is 295 Å². The summed E-state index contributed by atoms with van der Waals surface area (Å²) in [6.07, 6.45) is 60.3. The lowest BCUT2D eigenvalue weighted by atomic mass is 9.98. The maximum Gasteiger partial charge on any atom is 0.220 e. The van der Waals surface area contributed by atoms with Crippen molar-refractivity contribution in [2.45, 2.75) is 410 Å². The van der Waals surface area contributed by atoms with E-state index in [0.717, 1.165) is 38.5 Å². The number of hydrogen-bond acceptors (Lipinski definition) is 9. The Bertz CT molecular complexity index is 1190. The summed E-state index contributed by atoms with van der Waals surface area (Å²) in [6, 6.07) is -0.987. The Balaban J connectivity index is 2.08. The second kappa shape index (κ2) is 57.0. The van der Waals surface area contributed by atoms with Crippen LogP contribution in [0.3, 0.4) is 0 Å². The van der Waals surface area contributed by atoms with Crippen LogP contribution in [0.1, 0.15) is 361 Å². The fraction of sp³-hybridized carbons (Fsp3) is 0.985. The molecule has 0 spiro atoms. The van der Waals surface area contributed by atoms with Crippen LogP contribution in [0, 0.1) is 0 Å². The number of unbranched alkanes of at least 4 members (excludes halogenated alkanes) is 50. The van der Waals surface area contributed by atoms with Gasteiger partial charge in [0.25, 0.3) is 0 Å². The van der Waals surface area contributed by atoms with Gasteiger partial charge in [-0.15, -0.1) is 0 Å². The topological polar surface area (TPSA) is 169 Å². The second-order valence-corrected chi connectivity index (χ2v) is 24.5. The fourth-order valence-corrected chi connectivity index (χ4v) is 11.6. The molecular formula is C67H133NO9. The molecule has 1 aliphatic heterocycles. The van der Waals surface area contributed by atoms with Gasteiger partial charge in [0.05, 0.1) is 25.4 Å². The Morgan fingerprint density at radius 1 is 0.403 bits per heavy atom. The van der Waals surface area contributed by atoms with Crippen molar-refractivity contribution in [3.05, 3.63) is 0 Å². The molecular weight excluding hydrogens is 963 g/mol. The summed E-state index contributed by atoms with van der Waals surface area (Å²) in [5.41, 5.74) is 0. The van der Waals surface area contributed by atoms with Gasteiger partial charge in [-0.1, -0.05) is 341 Å². The van der Waals surface area contributed by atoms with Crippen molar-refractivity contribution in [3.63, 3.8) is 0 Å². The van der Waals surface area contributed by atoms with Crippen LogP contribution >= 0.6 is 0 Å². The summed E-state index contributed by atoms with van der Waals surface area (Å²) in [4.78, 5) is 13.1. The van der Waals surface area contributed by atoms with E-state index in [0.29, 0.717) is 6.42 Å². The third-order valence-corrected chi connectivity index (χ3v) is 17.1. The average Bonchev–Trinajstić information content (AvgIpc) is 3.43. The van der Waals surface area contributed by atoms with E-state index in [2.05, 4.69) is 19.2 Å². The molecule has 8 atom stereocenters. The van der Waals surface area contributed by atoms with E-state index in [1.54, 1.807) is 0 Å². The van der Waals surface area contributed by atoms with E-state index in [1.807, 2.05) is 0 Å². The smallest absolute Gasteiger partial charge is 0.220 e. The molecule has 1 amide bonds. The van der Waals surface area contributed by atoms with E-state index in [4.69, 9.17) is 9.47 Å². The Morgan fingerprint density at radius 3 is 0.961 bits per heavy atom. The number of aliphatic hydroxyl groups excluding tert-OH is 6. The monoisotopic (exact) mass is 1100 g/mol. The lowest BCUT2D eigenvalue weighted by molar-refractivity contribution is -0.303. The second-order valence-electron chi connectivity index (χ2n) is 24.5. The summed E-state index contributed by atoms with van der Waals surface area (Å²) < 4.78 is 11.2. The van der Waals surface area contributed by atoms with Crippen LogP contribution in [-0.2, 0) is 14.3 Å². The highest BCUT2D eigenvalue weighted by molar-refractivity contribution is 5.76. The molecule has 1 heterocycles. The van der Waals surface area contributed by atoms with Crippen molar-refractivity contribution in [2.24, 2.45) is 0 Å². The Morgan fingerprint density at radius 2 is 0.675 bits per heavy atom. The number of nitrogens with one attached hydrogen (secondary N) is 1. The number of hydrogen-bond donors (Lipinski definition) is 7. The minimum Gasteiger partial charge on any atom is -0.394 e. The third-order valence-electron chi connectivity index (χ3n) is 17.1. The molecule has 0 bridgehead atoms. The van der Waals surface area contributed by atoms with Gasteiger partial charge in [0, 0.05) is 6.42 Å². The Kier molecular flexibility index (Phi) is 54.9. The zero-order valence-corrected chi connectivity index (χ0v) is 51.1. The van der Waals surface area contributed by atoms with Crippen molar-refractivity contribution in [2.75, 3.05) is 13.2 Å². The number of carbonyl (C=O) groups is 1. The summed E-state index contributed by atoms with van der Waals surface area (Å²) in [5.74, 6) is -0.248. The SMILES string of the molecule is CCCCCCCCCCCCCCCCCCCCCCCCCCCCCCCCCCCCCCC(=O)N[C@@H](CO[C@@H]1O[C@H](CO)[C@@H](O)C(O)C1O)[C@H](O)[C@H](O)CCCCCCCCCCCCCCCCCC. The zero-order valence-electron chi connectivity index (χ0n) is 51.1. The van der Waals surface area contributed by atoms with Crippen LogP contribution in [0.15, 0.2) is 0 Å². The molecule has 77 heavy (non-hydrogen) atoms. The van der Waals surface area contributed by atoms with Crippen molar-refractivity contribution in [1.82, 2.24) is 5.32 Å². The summed E-state index contributed by atoms with van der Waals surface area (Å²) in [7, 11) is 0. The predicted octanol–water partition coefficient (Wildman–Crippen LogP) is 17.1. The minimum atomic E-state index is -1.60. The molecule has 0 aromatic heterocycles. The molecule has 0 aliphatic carbocycles. The number of amides is 1. The molecule has 0 radical (unpaired) electrons. The maximum absolute atomic E-state index is 13.1. The minimum absolute atomic E-state index is 0.248. The van der Waals surface area contributed by atoms with Gasteiger partial charge in [-0.25, -0.2) is 0 Å². The predicted molar refractivity (Wildman–Crippen MR) is 324 cm³/mol. The molecule has 0 aromatic carbocycles. The van der Waals surface area contributed by atoms with E-state index in [-0.39, 0.29) is 18.9 Å². The number of rotatable bonds is 61. The molecule has 0 saturated carbocycles. The van der Waals surface area contributed by atoms with Crippen LogP contribution < -0.4 is 5.32 Å². The van der Waals surface area contributed by atoms with Crippen molar-refractivity contribution in [3.8, 4) is 0 Å². The van der Waals surface area contributed by atoms with E-state index in [9.17, 15) is 35.4 Å². The lowest BCUT2D eigenvalue weighted by Crippen LogP contribution is -2.60. The van der Waals surface area contributed by atoms with Crippen LogP contribution in [0.2, 0.25) is 0 Å². The Labute approximate surface area is 477 Å². The molecule has 10 nitrogen and oxygen atoms in total. The van der Waals surface area contributed by atoms with Crippen molar-refractivity contribution in [1.29, 1.82) is 0 Å². The normalized spacial score (nSPS) is 19.0. The van der Waals surface area contributed by atoms with Crippen LogP contribution in [0.25, 0.3) is 0 Å². The van der Waals surface area contributed by atoms with E-state index >= 15 is 0 Å². The Hall–Kier alpha value is -0.850. The molecule has 1 aliphatic rings. The van der Waals surface area contributed by atoms with Crippen LogP contribution in [-0.4, -0.2) is 98.7 Å². The van der Waals surface area contributed by atoms with Crippen molar-refractivity contribution < 1.29 is 44.9 Å². The average molecular weight is 1100 g/mol. The summed E-state index contributed by atoms with van der Waals surface area (Å²) in [5, 5.41) is 65.7. The maximum atomic E-state index is 13.1. The van der Waals surface area contributed by atoms with Gasteiger partial charge in [-0.2, -0.15) is 0 Å². The largest absolute Gasteiger partial charge is 0.394 e. The highest BCUT2D eigenvalue weighted by Gasteiger charge is 2.44. The van der Waals surface area contributed by atoms with Gasteiger partial charge in [-0.3, -0.25) is 4.79 Å². The summed E-state index contributed by atoms with van der Waals surface area (Å²) >= 11 is 0. The van der Waals surface area contributed by atoms with Crippen molar-refractivity contribution >= 4 is 5.91 Å². The first-order valence-corrected chi connectivity index (χ1v) is 34.3. The first-order valence-electron chi connectivity index (χ1n) is 34.3. The van der Waals surface area contributed by atoms with Crippen LogP contribution in [0.5, 0.6) is 0 Å². The molecule has 10 heteroatoms. The third kappa shape index (κ3) is 45.4. The highest BCUT2D eigenvalue weighted by Crippen LogP contribution is 2.24. The quantitative estimate of drug-likeness (QED) is 0.0293. The number of ether oxygens (including phenoxy) is 2. The molecule has 0 aromatic rings. The number of aliphatic hydroxyl groups is 6. The molecule has 2 unspecified atom stereocenters. The summed E-state index contributed by atoms with van der Waals surface area (Å²) in [6.45, 7) is 3.67. The molecule has 1 fully saturated rings. The van der Waals surface area contributed by atoms with Gasteiger partial charge in [0.2, 0.25) is 5.91 Å². The molecule has 1 rings (SSSR count). The van der Waals surface area contributed by atoms with E-state index < -0.39 is 55.6 Å². The standard InChI is InChI=1S/C67H133NO9/c1-3-5-7-9-11-13-15-17-19-21-22-23-24-25-26-27-28-29-30-31-32-33-34-35-36-37-38-39-40-42-44-46-48-50-52-54-56-62(71)68-59(58-76-67-66(75)65(74)64(73)61(57-69)77-67)63(72)60(70)55-53-51-49-47-45-43-41-20-18-16-14-12-10-8-6-4-2/h59-61,63-67,69-70,72-75H,3-58H2,1-2H3,(H,68,71)/t59-,60+,61+,63-,64+,65?,66?,67+/m0/s1. The first kappa shape index (κ1) is 74.2. The van der Waals surface area contributed by atoms with Gasteiger partial charge < -0.3 is 45.4 Å². The van der Waals surface area contributed by atoms with Gasteiger partial charge in [0.15, 0.2) is 6.29 Å².